The Bertz CT molecular complexity index is 692. The van der Waals surface area contributed by atoms with E-state index in [0.29, 0.717) is 16.5 Å². The van der Waals surface area contributed by atoms with E-state index in [1.807, 2.05) is 25.1 Å². The van der Waals surface area contributed by atoms with Gasteiger partial charge in [0, 0.05) is 15.8 Å². The number of rotatable bonds is 5. The van der Waals surface area contributed by atoms with Crippen LogP contribution in [0, 0.1) is 6.92 Å². The van der Waals surface area contributed by atoms with Crippen molar-refractivity contribution in [3.63, 3.8) is 0 Å². The molecule has 0 saturated heterocycles. The molecule has 1 amide bonds. The van der Waals surface area contributed by atoms with Gasteiger partial charge in [-0.3, -0.25) is 4.79 Å². The molecule has 0 aromatic heterocycles. The van der Waals surface area contributed by atoms with Crippen LogP contribution in [0.3, 0.4) is 0 Å². The zero-order valence-corrected chi connectivity index (χ0v) is 14.6. The molecule has 0 aliphatic carbocycles. The van der Waals surface area contributed by atoms with Crippen LogP contribution in [-0.4, -0.2) is 19.6 Å². The first-order valence-electron chi connectivity index (χ1n) is 6.63. The number of carbonyl (C=O) groups excluding carboxylic acids is 1. The summed E-state index contributed by atoms with van der Waals surface area (Å²) in [6.45, 7) is 2.17. The molecule has 2 aromatic rings. The van der Waals surface area contributed by atoms with Gasteiger partial charge in [-0.1, -0.05) is 33.6 Å². The molecule has 4 nitrogen and oxygen atoms in total. The van der Waals surface area contributed by atoms with Crippen LogP contribution in [-0.2, 0) is 4.79 Å². The van der Waals surface area contributed by atoms with Gasteiger partial charge < -0.3 is 15.4 Å². The Morgan fingerprint density at radius 1 is 1.23 bits per heavy atom. The SMILES string of the molecule is COc1ccc(NC(=O)CNc2ccc(C)c(Br)c2)cc1Cl. The molecule has 22 heavy (non-hydrogen) atoms. The second kappa shape index (κ2) is 7.51. The van der Waals surface area contributed by atoms with Crippen molar-refractivity contribution in [3.8, 4) is 5.75 Å². The van der Waals surface area contributed by atoms with Crippen LogP contribution < -0.4 is 15.4 Å². The van der Waals surface area contributed by atoms with Crippen LogP contribution in [0.25, 0.3) is 0 Å². The number of hydrogen-bond donors (Lipinski definition) is 2. The average Bonchev–Trinajstić information content (AvgIpc) is 2.49. The van der Waals surface area contributed by atoms with E-state index >= 15 is 0 Å². The fourth-order valence-corrected chi connectivity index (χ4v) is 2.47. The first-order valence-corrected chi connectivity index (χ1v) is 7.80. The summed E-state index contributed by atoms with van der Waals surface area (Å²) < 4.78 is 6.07. The number of methoxy groups -OCH3 is 1. The van der Waals surface area contributed by atoms with Gasteiger partial charge in [-0.2, -0.15) is 0 Å². The monoisotopic (exact) mass is 382 g/mol. The third-order valence-electron chi connectivity index (χ3n) is 3.06. The van der Waals surface area contributed by atoms with Crippen molar-refractivity contribution in [1.82, 2.24) is 0 Å². The summed E-state index contributed by atoms with van der Waals surface area (Å²) in [5, 5.41) is 6.30. The van der Waals surface area contributed by atoms with Gasteiger partial charge in [0.2, 0.25) is 5.91 Å². The largest absolute Gasteiger partial charge is 0.495 e. The van der Waals surface area contributed by atoms with Gasteiger partial charge in [0.1, 0.15) is 5.75 Å². The van der Waals surface area contributed by atoms with E-state index in [0.717, 1.165) is 15.7 Å². The van der Waals surface area contributed by atoms with Crippen LogP contribution in [0.1, 0.15) is 5.56 Å². The standard InChI is InChI=1S/C16H16BrClN2O2/c1-10-3-4-11(7-13(10)17)19-9-16(21)20-12-5-6-15(22-2)14(18)8-12/h3-8,19H,9H2,1-2H3,(H,20,21). The Morgan fingerprint density at radius 2 is 1.95 bits per heavy atom. The van der Waals surface area contributed by atoms with Crippen LogP contribution in [0.15, 0.2) is 40.9 Å². The van der Waals surface area contributed by atoms with Gasteiger partial charge in [-0.25, -0.2) is 0 Å². The zero-order chi connectivity index (χ0) is 16.1. The smallest absolute Gasteiger partial charge is 0.243 e. The lowest BCUT2D eigenvalue weighted by molar-refractivity contribution is -0.114. The third-order valence-corrected chi connectivity index (χ3v) is 4.21. The Balaban J connectivity index is 1.92. The summed E-state index contributed by atoms with van der Waals surface area (Å²) in [5.41, 5.74) is 2.64. The number of ether oxygens (including phenoxy) is 1. The molecule has 0 fully saturated rings. The molecule has 0 heterocycles. The fourth-order valence-electron chi connectivity index (χ4n) is 1.83. The van der Waals surface area contributed by atoms with Crippen LogP contribution in [0.2, 0.25) is 5.02 Å². The van der Waals surface area contributed by atoms with Crippen molar-refractivity contribution in [2.45, 2.75) is 6.92 Å². The highest BCUT2D eigenvalue weighted by Gasteiger charge is 2.06. The van der Waals surface area contributed by atoms with Crippen molar-refractivity contribution in [1.29, 1.82) is 0 Å². The lowest BCUT2D eigenvalue weighted by atomic mass is 10.2. The minimum Gasteiger partial charge on any atom is -0.495 e. The van der Waals surface area contributed by atoms with Gasteiger partial charge in [0.25, 0.3) is 0 Å². The predicted octanol–water partition coefficient (Wildman–Crippen LogP) is 4.47. The lowest BCUT2D eigenvalue weighted by Crippen LogP contribution is -2.21. The molecule has 2 aromatic carbocycles. The van der Waals surface area contributed by atoms with Crippen LogP contribution in [0.5, 0.6) is 5.75 Å². The van der Waals surface area contributed by atoms with E-state index in [2.05, 4.69) is 26.6 Å². The number of benzene rings is 2. The molecule has 0 bridgehead atoms. The summed E-state index contributed by atoms with van der Waals surface area (Å²) in [6.07, 6.45) is 0. The van der Waals surface area contributed by atoms with E-state index in [9.17, 15) is 4.79 Å². The average molecular weight is 384 g/mol. The highest BCUT2D eigenvalue weighted by Crippen LogP contribution is 2.27. The van der Waals surface area contributed by atoms with Crippen LogP contribution >= 0.6 is 27.5 Å². The Kier molecular flexibility index (Phi) is 5.69. The maximum absolute atomic E-state index is 11.9. The minimum atomic E-state index is -0.155. The van der Waals surface area contributed by atoms with Crippen molar-refractivity contribution in [2.75, 3.05) is 24.3 Å². The molecule has 0 atom stereocenters. The lowest BCUT2D eigenvalue weighted by Gasteiger charge is -2.10. The van der Waals surface area contributed by atoms with Gasteiger partial charge in [0.05, 0.1) is 18.7 Å². The Hall–Kier alpha value is -1.72. The van der Waals surface area contributed by atoms with E-state index in [4.69, 9.17) is 16.3 Å². The van der Waals surface area contributed by atoms with Crippen molar-refractivity contribution < 1.29 is 9.53 Å². The molecular weight excluding hydrogens is 368 g/mol. The molecule has 0 unspecified atom stereocenters. The second-order valence-corrected chi connectivity index (χ2v) is 5.98. The number of anilines is 2. The minimum absolute atomic E-state index is 0.155. The maximum atomic E-state index is 11.9. The molecule has 2 rings (SSSR count). The topological polar surface area (TPSA) is 50.4 Å². The quantitative estimate of drug-likeness (QED) is 0.801. The van der Waals surface area contributed by atoms with Gasteiger partial charge >= 0.3 is 0 Å². The molecule has 0 saturated carbocycles. The summed E-state index contributed by atoms with van der Waals surface area (Å²) in [7, 11) is 1.54. The van der Waals surface area contributed by atoms with Gasteiger partial charge in [-0.15, -0.1) is 0 Å². The highest BCUT2D eigenvalue weighted by molar-refractivity contribution is 9.10. The second-order valence-electron chi connectivity index (χ2n) is 4.72. The van der Waals surface area contributed by atoms with Gasteiger partial charge in [-0.05, 0) is 42.8 Å². The summed E-state index contributed by atoms with van der Waals surface area (Å²) in [4.78, 5) is 11.9. The number of halogens is 2. The number of hydrogen-bond acceptors (Lipinski definition) is 3. The zero-order valence-electron chi connectivity index (χ0n) is 12.2. The number of nitrogens with one attached hydrogen (secondary N) is 2. The predicted molar refractivity (Wildman–Crippen MR) is 94.0 cm³/mol. The molecule has 116 valence electrons. The fraction of sp³-hybridized carbons (Fsp3) is 0.188. The molecule has 0 aliphatic heterocycles. The number of aryl methyl sites for hydroxylation is 1. The van der Waals surface area contributed by atoms with Crippen LogP contribution in [0.4, 0.5) is 11.4 Å². The number of carbonyl (C=O) groups is 1. The Labute approximate surface area is 142 Å². The summed E-state index contributed by atoms with van der Waals surface area (Å²) in [6, 6.07) is 11.0. The normalized spacial score (nSPS) is 10.2. The van der Waals surface area contributed by atoms with Crippen molar-refractivity contribution in [3.05, 3.63) is 51.5 Å². The van der Waals surface area contributed by atoms with Crippen molar-refractivity contribution >= 4 is 44.8 Å². The van der Waals surface area contributed by atoms with E-state index in [1.54, 1.807) is 25.3 Å². The molecule has 0 spiro atoms. The summed E-state index contributed by atoms with van der Waals surface area (Å²) in [5.74, 6) is 0.417. The van der Waals surface area contributed by atoms with E-state index < -0.39 is 0 Å². The summed E-state index contributed by atoms with van der Waals surface area (Å²) >= 11 is 9.48. The number of amides is 1. The molecular formula is C16H16BrClN2O2. The molecule has 2 N–H and O–H groups in total. The Morgan fingerprint density at radius 3 is 2.59 bits per heavy atom. The van der Waals surface area contributed by atoms with E-state index in [1.165, 1.54) is 0 Å². The highest BCUT2D eigenvalue weighted by atomic mass is 79.9. The third kappa shape index (κ3) is 4.39. The molecule has 0 aliphatic rings. The first-order chi connectivity index (χ1) is 10.5. The maximum Gasteiger partial charge on any atom is 0.243 e. The molecule has 6 heteroatoms. The first kappa shape index (κ1) is 16.6. The van der Waals surface area contributed by atoms with Gasteiger partial charge in [0.15, 0.2) is 0 Å². The molecule has 0 radical (unpaired) electrons. The van der Waals surface area contributed by atoms with Crippen molar-refractivity contribution in [2.24, 2.45) is 0 Å². The van der Waals surface area contributed by atoms with E-state index in [-0.39, 0.29) is 12.5 Å².